The predicted octanol–water partition coefficient (Wildman–Crippen LogP) is 5.20. The van der Waals surface area contributed by atoms with Gasteiger partial charge in [0.1, 0.15) is 11.6 Å². The van der Waals surface area contributed by atoms with Crippen molar-refractivity contribution in [3.63, 3.8) is 0 Å². The van der Waals surface area contributed by atoms with E-state index in [1.165, 1.54) is 12.1 Å². The molecule has 0 radical (unpaired) electrons. The molecule has 0 aliphatic rings. The zero-order valence-electron chi connectivity index (χ0n) is 12.9. The minimum Gasteiger partial charge on any atom is -0.422 e. The SMILES string of the molecule is Cc1ccc(C(=O)O/C(=C/C(F)(F)F)c2ccc(F)cc2)cc1C. The van der Waals surface area contributed by atoms with Crippen molar-refractivity contribution in [1.82, 2.24) is 0 Å². The molecule has 0 fully saturated rings. The van der Waals surface area contributed by atoms with Crippen LogP contribution in [0.3, 0.4) is 0 Å². The largest absolute Gasteiger partial charge is 0.422 e. The second-order valence-corrected chi connectivity index (χ2v) is 5.25. The van der Waals surface area contributed by atoms with Crippen molar-refractivity contribution in [2.45, 2.75) is 20.0 Å². The van der Waals surface area contributed by atoms with E-state index in [4.69, 9.17) is 4.74 Å². The number of esters is 1. The molecule has 0 atom stereocenters. The van der Waals surface area contributed by atoms with Crippen LogP contribution in [0.2, 0.25) is 0 Å². The van der Waals surface area contributed by atoms with Crippen LogP contribution in [0.25, 0.3) is 5.76 Å². The fourth-order valence-corrected chi connectivity index (χ4v) is 1.96. The van der Waals surface area contributed by atoms with Gasteiger partial charge in [-0.3, -0.25) is 0 Å². The molecular formula is C18H14F4O2. The summed E-state index contributed by atoms with van der Waals surface area (Å²) in [6.45, 7) is 3.62. The highest BCUT2D eigenvalue weighted by Crippen LogP contribution is 2.26. The Labute approximate surface area is 136 Å². The number of alkyl halides is 3. The Hall–Kier alpha value is -2.63. The van der Waals surface area contributed by atoms with Crippen LogP contribution in [-0.4, -0.2) is 12.1 Å². The van der Waals surface area contributed by atoms with Gasteiger partial charge in [0.15, 0.2) is 0 Å². The highest BCUT2D eigenvalue weighted by Gasteiger charge is 2.27. The summed E-state index contributed by atoms with van der Waals surface area (Å²) in [5.41, 5.74) is 1.84. The van der Waals surface area contributed by atoms with Gasteiger partial charge in [-0.2, -0.15) is 13.2 Å². The third kappa shape index (κ3) is 4.68. The zero-order valence-corrected chi connectivity index (χ0v) is 12.9. The first kappa shape index (κ1) is 17.7. The highest BCUT2D eigenvalue weighted by molar-refractivity contribution is 5.93. The van der Waals surface area contributed by atoms with Gasteiger partial charge in [0.2, 0.25) is 0 Å². The number of allylic oxidation sites excluding steroid dienone is 1. The summed E-state index contributed by atoms with van der Waals surface area (Å²) in [5.74, 6) is -2.21. The molecule has 0 bridgehead atoms. The Balaban J connectivity index is 2.34. The number of carbonyl (C=O) groups is 1. The van der Waals surface area contributed by atoms with Gasteiger partial charge < -0.3 is 4.74 Å². The zero-order chi connectivity index (χ0) is 17.9. The third-order valence-corrected chi connectivity index (χ3v) is 3.37. The summed E-state index contributed by atoms with van der Waals surface area (Å²) < 4.78 is 56.0. The van der Waals surface area contributed by atoms with Crippen molar-refractivity contribution >= 4 is 11.7 Å². The maximum Gasteiger partial charge on any atom is 0.413 e. The maximum absolute atomic E-state index is 12.9. The topological polar surface area (TPSA) is 26.3 Å². The van der Waals surface area contributed by atoms with Gasteiger partial charge in [-0.25, -0.2) is 9.18 Å². The second kappa shape index (κ2) is 6.86. The molecule has 2 rings (SSSR count). The predicted molar refractivity (Wildman–Crippen MR) is 81.8 cm³/mol. The van der Waals surface area contributed by atoms with Crippen molar-refractivity contribution in [2.24, 2.45) is 0 Å². The minimum atomic E-state index is -4.69. The molecule has 0 aliphatic carbocycles. The number of benzene rings is 2. The first-order valence-corrected chi connectivity index (χ1v) is 7.01. The van der Waals surface area contributed by atoms with Crippen LogP contribution in [0.4, 0.5) is 17.6 Å². The fraction of sp³-hybridized carbons (Fsp3) is 0.167. The van der Waals surface area contributed by atoms with E-state index in [9.17, 15) is 22.4 Å². The first-order chi connectivity index (χ1) is 11.2. The minimum absolute atomic E-state index is 0.0501. The average Bonchev–Trinajstić information content (AvgIpc) is 2.48. The van der Waals surface area contributed by atoms with Crippen molar-refractivity contribution in [1.29, 1.82) is 0 Å². The monoisotopic (exact) mass is 338 g/mol. The second-order valence-electron chi connectivity index (χ2n) is 5.25. The normalized spacial score (nSPS) is 12.2. The smallest absolute Gasteiger partial charge is 0.413 e. The van der Waals surface area contributed by atoms with Crippen LogP contribution in [0.1, 0.15) is 27.0 Å². The van der Waals surface area contributed by atoms with E-state index in [-0.39, 0.29) is 17.2 Å². The van der Waals surface area contributed by atoms with Crippen LogP contribution >= 0.6 is 0 Å². The molecule has 2 aromatic rings. The summed E-state index contributed by atoms with van der Waals surface area (Å²) in [4.78, 5) is 12.1. The number of hydrogen-bond donors (Lipinski definition) is 0. The van der Waals surface area contributed by atoms with Gasteiger partial charge >= 0.3 is 12.1 Å². The number of aryl methyl sites for hydroxylation is 2. The number of hydrogen-bond acceptors (Lipinski definition) is 2. The van der Waals surface area contributed by atoms with E-state index in [1.54, 1.807) is 13.0 Å². The van der Waals surface area contributed by atoms with E-state index in [0.29, 0.717) is 0 Å². The molecule has 0 saturated heterocycles. The Bertz CT molecular complexity index is 775. The van der Waals surface area contributed by atoms with E-state index in [2.05, 4.69) is 0 Å². The number of halogens is 4. The molecule has 0 aromatic heterocycles. The molecule has 24 heavy (non-hydrogen) atoms. The van der Waals surface area contributed by atoms with Gasteiger partial charge in [0.25, 0.3) is 0 Å². The summed E-state index contributed by atoms with van der Waals surface area (Å²) in [6, 6.07) is 8.89. The van der Waals surface area contributed by atoms with Crippen molar-refractivity contribution in [2.75, 3.05) is 0 Å². The molecular weight excluding hydrogens is 324 g/mol. The van der Waals surface area contributed by atoms with Crippen LogP contribution in [0.15, 0.2) is 48.5 Å². The van der Waals surface area contributed by atoms with Gasteiger partial charge in [0.05, 0.1) is 11.6 Å². The Kier molecular flexibility index (Phi) is 5.07. The van der Waals surface area contributed by atoms with Gasteiger partial charge in [0, 0.05) is 5.56 Å². The molecule has 0 spiro atoms. The molecule has 0 saturated carbocycles. The average molecular weight is 338 g/mol. The standard InChI is InChI=1S/C18H14F4O2/c1-11-3-4-14(9-12(11)2)17(23)24-16(10-18(20,21)22)13-5-7-15(19)8-6-13/h3-10H,1-2H3/b16-10+. The van der Waals surface area contributed by atoms with Gasteiger partial charge in [-0.1, -0.05) is 6.07 Å². The van der Waals surface area contributed by atoms with E-state index >= 15 is 0 Å². The molecule has 0 N–H and O–H groups in total. The molecule has 6 heteroatoms. The lowest BCUT2D eigenvalue weighted by molar-refractivity contribution is -0.0802. The lowest BCUT2D eigenvalue weighted by atomic mass is 10.1. The Morgan fingerprint density at radius 1 is 0.958 bits per heavy atom. The van der Waals surface area contributed by atoms with Crippen molar-refractivity contribution < 1.29 is 27.1 Å². The van der Waals surface area contributed by atoms with Crippen LogP contribution in [0.5, 0.6) is 0 Å². The van der Waals surface area contributed by atoms with Gasteiger partial charge in [-0.15, -0.1) is 0 Å². The van der Waals surface area contributed by atoms with Crippen LogP contribution in [-0.2, 0) is 4.74 Å². The summed E-state index contributed by atoms with van der Waals surface area (Å²) in [5, 5.41) is 0. The van der Waals surface area contributed by atoms with Crippen molar-refractivity contribution in [3.05, 3.63) is 76.6 Å². The molecule has 0 amide bonds. The molecule has 0 unspecified atom stereocenters. The molecule has 2 aromatic carbocycles. The summed E-state index contributed by atoms with van der Waals surface area (Å²) in [7, 11) is 0. The Morgan fingerprint density at radius 2 is 1.54 bits per heavy atom. The lowest BCUT2D eigenvalue weighted by Gasteiger charge is -2.11. The third-order valence-electron chi connectivity index (χ3n) is 3.37. The fourth-order valence-electron chi connectivity index (χ4n) is 1.96. The van der Waals surface area contributed by atoms with E-state index < -0.39 is 23.7 Å². The van der Waals surface area contributed by atoms with Crippen molar-refractivity contribution in [3.8, 4) is 0 Å². The molecule has 2 nitrogen and oxygen atoms in total. The summed E-state index contributed by atoms with van der Waals surface area (Å²) in [6.07, 6.45) is -4.81. The van der Waals surface area contributed by atoms with Crippen LogP contribution in [0, 0.1) is 19.7 Å². The number of ether oxygens (including phenoxy) is 1. The highest BCUT2D eigenvalue weighted by atomic mass is 19.4. The van der Waals surface area contributed by atoms with E-state index in [0.717, 1.165) is 35.4 Å². The number of carbonyl (C=O) groups excluding carboxylic acids is 1. The maximum atomic E-state index is 12.9. The quantitative estimate of drug-likeness (QED) is 0.437. The molecule has 0 aliphatic heterocycles. The number of rotatable bonds is 3. The molecule has 126 valence electrons. The van der Waals surface area contributed by atoms with E-state index in [1.807, 2.05) is 6.92 Å². The lowest BCUT2D eigenvalue weighted by Crippen LogP contribution is -2.10. The van der Waals surface area contributed by atoms with Gasteiger partial charge in [-0.05, 0) is 61.4 Å². The van der Waals surface area contributed by atoms with Crippen LogP contribution < -0.4 is 0 Å². The Morgan fingerprint density at radius 3 is 2.08 bits per heavy atom. The summed E-state index contributed by atoms with van der Waals surface area (Å²) >= 11 is 0. The molecule has 0 heterocycles. The first-order valence-electron chi connectivity index (χ1n) is 7.01.